The first kappa shape index (κ1) is 8.58. The minimum Gasteiger partial charge on any atom is -0.314 e. The maximum atomic E-state index is 5.20. The van der Waals surface area contributed by atoms with Gasteiger partial charge in [-0.05, 0) is 6.92 Å². The molecule has 0 aromatic heterocycles. The van der Waals surface area contributed by atoms with Crippen LogP contribution in [0.4, 0.5) is 0 Å². The number of terminal acetylenes is 1. The van der Waals surface area contributed by atoms with Crippen LogP contribution in [0.3, 0.4) is 0 Å². The average Bonchev–Trinajstić information content (AvgIpc) is 2.03. The minimum atomic E-state index is 0.650. The molecule has 1 fully saturated rings. The molecule has 0 aliphatic carbocycles. The molecule has 2 heteroatoms. The van der Waals surface area contributed by atoms with Gasteiger partial charge in [0.05, 0.1) is 0 Å². The van der Waals surface area contributed by atoms with Crippen molar-refractivity contribution in [2.24, 2.45) is 0 Å². The summed E-state index contributed by atoms with van der Waals surface area (Å²) in [6.07, 6.45) is 6.08. The maximum absolute atomic E-state index is 5.20. The van der Waals surface area contributed by atoms with Crippen molar-refractivity contribution in [1.82, 2.24) is 10.2 Å². The van der Waals surface area contributed by atoms with Crippen LogP contribution in [0.5, 0.6) is 0 Å². The first-order chi connectivity index (χ1) is 5.34. The minimum absolute atomic E-state index is 0.650. The van der Waals surface area contributed by atoms with Gasteiger partial charge in [0.25, 0.3) is 0 Å². The van der Waals surface area contributed by atoms with E-state index in [0.717, 1.165) is 32.6 Å². The molecule has 0 amide bonds. The smallest absolute Gasteiger partial charge is 0.0214 e. The van der Waals surface area contributed by atoms with E-state index in [2.05, 4.69) is 23.1 Å². The molecule has 1 heterocycles. The van der Waals surface area contributed by atoms with Gasteiger partial charge in [-0.2, -0.15) is 0 Å². The highest BCUT2D eigenvalue weighted by molar-refractivity contribution is 4.86. The van der Waals surface area contributed by atoms with Crippen molar-refractivity contribution in [3.63, 3.8) is 0 Å². The zero-order valence-electron chi connectivity index (χ0n) is 7.14. The van der Waals surface area contributed by atoms with Gasteiger partial charge in [0.15, 0.2) is 0 Å². The number of nitrogens with zero attached hydrogens (tertiary/aromatic N) is 1. The molecule has 0 saturated carbocycles. The van der Waals surface area contributed by atoms with Crippen LogP contribution < -0.4 is 5.32 Å². The van der Waals surface area contributed by atoms with Gasteiger partial charge in [0, 0.05) is 38.6 Å². The van der Waals surface area contributed by atoms with Crippen molar-refractivity contribution in [3.05, 3.63) is 0 Å². The van der Waals surface area contributed by atoms with Crippen LogP contribution >= 0.6 is 0 Å². The Morgan fingerprint density at radius 2 is 2.55 bits per heavy atom. The van der Waals surface area contributed by atoms with E-state index < -0.39 is 0 Å². The zero-order valence-corrected chi connectivity index (χ0v) is 7.14. The molecule has 62 valence electrons. The first-order valence-corrected chi connectivity index (χ1v) is 4.23. The third kappa shape index (κ3) is 2.53. The summed E-state index contributed by atoms with van der Waals surface area (Å²) in [6, 6.07) is 0.650. The quantitative estimate of drug-likeness (QED) is 0.573. The molecule has 1 saturated heterocycles. The summed E-state index contributed by atoms with van der Waals surface area (Å²) >= 11 is 0. The highest BCUT2D eigenvalue weighted by Gasteiger charge is 2.15. The Morgan fingerprint density at radius 1 is 1.73 bits per heavy atom. The maximum Gasteiger partial charge on any atom is 0.0214 e. The highest BCUT2D eigenvalue weighted by atomic mass is 15.2. The highest BCUT2D eigenvalue weighted by Crippen LogP contribution is 2.01. The largest absolute Gasteiger partial charge is 0.314 e. The molecule has 11 heavy (non-hydrogen) atoms. The fraction of sp³-hybridized carbons (Fsp3) is 0.778. The third-order valence-corrected chi connectivity index (χ3v) is 2.18. The van der Waals surface area contributed by atoms with E-state index in [0.29, 0.717) is 6.04 Å². The molecular weight excluding hydrogens is 136 g/mol. The summed E-state index contributed by atoms with van der Waals surface area (Å²) in [5.74, 6) is 2.67. The topological polar surface area (TPSA) is 15.3 Å². The molecule has 1 atom stereocenters. The number of hydrogen-bond donors (Lipinski definition) is 1. The SMILES string of the molecule is C#CCCN1CCNC[C@@H]1C. The first-order valence-electron chi connectivity index (χ1n) is 4.23. The zero-order chi connectivity index (χ0) is 8.10. The molecule has 0 bridgehead atoms. The lowest BCUT2D eigenvalue weighted by atomic mass is 10.2. The predicted molar refractivity (Wildman–Crippen MR) is 47.4 cm³/mol. The summed E-state index contributed by atoms with van der Waals surface area (Å²) in [5.41, 5.74) is 0. The van der Waals surface area contributed by atoms with Crippen LogP contribution in [0.2, 0.25) is 0 Å². The van der Waals surface area contributed by atoms with E-state index >= 15 is 0 Å². The van der Waals surface area contributed by atoms with Crippen LogP contribution in [-0.4, -0.2) is 37.1 Å². The van der Waals surface area contributed by atoms with Crippen LogP contribution in [0.15, 0.2) is 0 Å². The Bertz CT molecular complexity index is 148. The lowest BCUT2D eigenvalue weighted by Crippen LogP contribution is -2.49. The Labute approximate surface area is 69.0 Å². The summed E-state index contributed by atoms with van der Waals surface area (Å²) in [5, 5.41) is 3.35. The Morgan fingerprint density at radius 3 is 3.18 bits per heavy atom. The molecule has 2 nitrogen and oxygen atoms in total. The Balaban J connectivity index is 2.25. The fourth-order valence-electron chi connectivity index (χ4n) is 1.42. The van der Waals surface area contributed by atoms with Gasteiger partial charge < -0.3 is 5.32 Å². The van der Waals surface area contributed by atoms with Gasteiger partial charge in [-0.25, -0.2) is 0 Å². The number of rotatable bonds is 2. The monoisotopic (exact) mass is 152 g/mol. The van der Waals surface area contributed by atoms with Crippen LogP contribution in [-0.2, 0) is 0 Å². The fourth-order valence-corrected chi connectivity index (χ4v) is 1.42. The molecule has 0 spiro atoms. The van der Waals surface area contributed by atoms with Gasteiger partial charge in [0.2, 0.25) is 0 Å². The molecule has 1 aliphatic heterocycles. The van der Waals surface area contributed by atoms with Gasteiger partial charge in [-0.15, -0.1) is 12.3 Å². The van der Waals surface area contributed by atoms with Gasteiger partial charge in [0.1, 0.15) is 0 Å². The second-order valence-corrected chi connectivity index (χ2v) is 3.04. The van der Waals surface area contributed by atoms with E-state index in [1.807, 2.05) is 0 Å². The van der Waals surface area contributed by atoms with Gasteiger partial charge >= 0.3 is 0 Å². The summed E-state index contributed by atoms with van der Waals surface area (Å²) in [4.78, 5) is 2.44. The van der Waals surface area contributed by atoms with E-state index in [-0.39, 0.29) is 0 Å². The molecule has 0 unspecified atom stereocenters. The van der Waals surface area contributed by atoms with Crippen molar-refractivity contribution in [1.29, 1.82) is 0 Å². The second kappa shape index (κ2) is 4.38. The van der Waals surface area contributed by atoms with Gasteiger partial charge in [-0.1, -0.05) is 0 Å². The Kier molecular flexibility index (Phi) is 3.41. The summed E-state index contributed by atoms with van der Waals surface area (Å²) in [7, 11) is 0. The third-order valence-electron chi connectivity index (χ3n) is 2.18. The summed E-state index contributed by atoms with van der Waals surface area (Å²) in [6.45, 7) is 6.64. The van der Waals surface area contributed by atoms with Gasteiger partial charge in [-0.3, -0.25) is 4.90 Å². The average molecular weight is 152 g/mol. The van der Waals surface area contributed by atoms with E-state index in [9.17, 15) is 0 Å². The molecule has 1 rings (SSSR count). The van der Waals surface area contributed by atoms with E-state index in [4.69, 9.17) is 6.42 Å². The predicted octanol–water partition coefficient (Wildman–Crippen LogP) is 0.303. The van der Waals surface area contributed by atoms with Crippen LogP contribution in [0, 0.1) is 12.3 Å². The van der Waals surface area contributed by atoms with E-state index in [1.54, 1.807) is 0 Å². The van der Waals surface area contributed by atoms with Crippen molar-refractivity contribution >= 4 is 0 Å². The lowest BCUT2D eigenvalue weighted by molar-refractivity contribution is 0.178. The molecular formula is C9H16N2. The normalized spacial score (nSPS) is 26.4. The molecule has 0 aromatic rings. The van der Waals surface area contributed by atoms with Crippen LogP contribution in [0.1, 0.15) is 13.3 Å². The number of hydrogen-bond acceptors (Lipinski definition) is 2. The molecule has 1 aliphatic rings. The van der Waals surface area contributed by atoms with E-state index in [1.165, 1.54) is 0 Å². The lowest BCUT2D eigenvalue weighted by Gasteiger charge is -2.33. The summed E-state index contributed by atoms with van der Waals surface area (Å²) < 4.78 is 0. The van der Waals surface area contributed by atoms with Crippen molar-refractivity contribution in [2.75, 3.05) is 26.2 Å². The standard InChI is InChI=1S/C9H16N2/c1-3-4-6-11-7-5-10-8-9(11)2/h1,9-10H,4-8H2,2H3/t9-/m0/s1. The molecule has 0 radical (unpaired) electrons. The second-order valence-electron chi connectivity index (χ2n) is 3.04. The van der Waals surface area contributed by atoms with Crippen molar-refractivity contribution in [3.8, 4) is 12.3 Å². The van der Waals surface area contributed by atoms with Crippen LogP contribution in [0.25, 0.3) is 0 Å². The number of piperazine rings is 1. The Hall–Kier alpha value is -0.520. The molecule has 0 aromatic carbocycles. The molecule has 1 N–H and O–H groups in total. The van der Waals surface area contributed by atoms with Crippen molar-refractivity contribution in [2.45, 2.75) is 19.4 Å². The van der Waals surface area contributed by atoms with Crippen molar-refractivity contribution < 1.29 is 0 Å². The number of nitrogens with one attached hydrogen (secondary N) is 1.